The maximum absolute atomic E-state index is 13.5. The molecule has 35 heavy (non-hydrogen) atoms. The van der Waals surface area contributed by atoms with E-state index >= 15 is 0 Å². The molecule has 0 saturated carbocycles. The van der Waals surface area contributed by atoms with Crippen molar-refractivity contribution in [3.63, 3.8) is 0 Å². The van der Waals surface area contributed by atoms with E-state index < -0.39 is 15.9 Å². The monoisotopic (exact) mass is 530 g/mol. The van der Waals surface area contributed by atoms with Gasteiger partial charge in [-0.15, -0.1) is 0 Å². The van der Waals surface area contributed by atoms with E-state index in [0.717, 1.165) is 22.7 Å². The SMILES string of the molecule is CC[C@@H](NC(=O)CN(c1cccc(Cl)c1)S(=O)(=O)c1ccc(Cl)cc1)c1ccc2c(c1)CCCC2. The highest BCUT2D eigenvalue weighted by molar-refractivity contribution is 7.92. The number of hydrogen-bond donors (Lipinski definition) is 1. The Labute approximate surface area is 217 Å². The third-order valence-electron chi connectivity index (χ3n) is 6.30. The third kappa shape index (κ3) is 6.00. The summed E-state index contributed by atoms with van der Waals surface area (Å²) >= 11 is 12.1. The molecule has 5 nitrogen and oxygen atoms in total. The van der Waals surface area contributed by atoms with Crippen molar-refractivity contribution in [2.45, 2.75) is 50.0 Å². The molecule has 1 aliphatic carbocycles. The molecule has 0 saturated heterocycles. The van der Waals surface area contributed by atoms with Crippen molar-refractivity contribution in [2.75, 3.05) is 10.8 Å². The van der Waals surface area contributed by atoms with Crippen LogP contribution in [0.2, 0.25) is 10.0 Å². The van der Waals surface area contributed by atoms with Gasteiger partial charge >= 0.3 is 0 Å². The van der Waals surface area contributed by atoms with E-state index in [-0.39, 0.29) is 17.5 Å². The normalized spacial score (nSPS) is 14.1. The molecule has 0 aliphatic heterocycles. The molecule has 0 spiro atoms. The summed E-state index contributed by atoms with van der Waals surface area (Å²) in [4.78, 5) is 13.2. The summed E-state index contributed by atoms with van der Waals surface area (Å²) in [6.45, 7) is 1.62. The van der Waals surface area contributed by atoms with Crippen molar-refractivity contribution < 1.29 is 13.2 Å². The molecule has 0 fully saturated rings. The smallest absolute Gasteiger partial charge is 0.264 e. The zero-order valence-electron chi connectivity index (χ0n) is 19.5. The molecule has 0 unspecified atom stereocenters. The van der Waals surface area contributed by atoms with Crippen molar-refractivity contribution in [3.05, 3.63) is 93.5 Å². The van der Waals surface area contributed by atoms with Crippen LogP contribution in [0.3, 0.4) is 0 Å². The van der Waals surface area contributed by atoms with E-state index in [1.165, 1.54) is 54.3 Å². The van der Waals surface area contributed by atoms with Crippen LogP contribution in [0, 0.1) is 0 Å². The molecule has 8 heteroatoms. The molecule has 1 atom stereocenters. The molecular formula is C27H28Cl2N2O3S. The van der Waals surface area contributed by atoms with E-state index in [4.69, 9.17) is 23.2 Å². The van der Waals surface area contributed by atoms with Crippen LogP contribution in [0.15, 0.2) is 71.6 Å². The molecule has 1 amide bonds. The van der Waals surface area contributed by atoms with Gasteiger partial charge in [0, 0.05) is 10.0 Å². The number of sulfonamides is 1. The Morgan fingerprint density at radius 2 is 1.66 bits per heavy atom. The van der Waals surface area contributed by atoms with Gasteiger partial charge in [0.1, 0.15) is 6.54 Å². The van der Waals surface area contributed by atoms with Crippen LogP contribution in [0.1, 0.15) is 48.9 Å². The molecule has 0 heterocycles. The lowest BCUT2D eigenvalue weighted by atomic mass is 9.89. The van der Waals surface area contributed by atoms with Gasteiger partial charge in [-0.2, -0.15) is 0 Å². The average molecular weight is 532 g/mol. The first-order valence-corrected chi connectivity index (χ1v) is 13.9. The van der Waals surface area contributed by atoms with Gasteiger partial charge in [0.15, 0.2) is 0 Å². The number of amides is 1. The van der Waals surface area contributed by atoms with Gasteiger partial charge in [0.25, 0.3) is 10.0 Å². The molecule has 1 N–H and O–H groups in total. The summed E-state index contributed by atoms with van der Waals surface area (Å²) < 4.78 is 28.2. The lowest BCUT2D eigenvalue weighted by molar-refractivity contribution is -0.120. The molecule has 4 rings (SSSR count). The van der Waals surface area contributed by atoms with Crippen LogP contribution in [0.5, 0.6) is 0 Å². The van der Waals surface area contributed by atoms with E-state index in [0.29, 0.717) is 22.2 Å². The van der Waals surface area contributed by atoms with Crippen LogP contribution in [0.25, 0.3) is 0 Å². The number of aryl methyl sites for hydroxylation is 2. The van der Waals surface area contributed by atoms with Crippen molar-refractivity contribution >= 4 is 44.8 Å². The summed E-state index contributed by atoms with van der Waals surface area (Å²) in [5, 5.41) is 3.84. The fourth-order valence-electron chi connectivity index (χ4n) is 4.44. The maximum Gasteiger partial charge on any atom is 0.264 e. The Hall–Kier alpha value is -2.54. The number of benzene rings is 3. The van der Waals surface area contributed by atoms with E-state index in [1.54, 1.807) is 18.2 Å². The fourth-order valence-corrected chi connectivity index (χ4v) is 6.17. The molecule has 3 aromatic rings. The quantitative estimate of drug-likeness (QED) is 0.369. The second-order valence-electron chi connectivity index (χ2n) is 8.71. The Kier molecular flexibility index (Phi) is 8.05. The predicted octanol–water partition coefficient (Wildman–Crippen LogP) is 6.34. The average Bonchev–Trinajstić information content (AvgIpc) is 2.85. The Bertz CT molecular complexity index is 1310. The first kappa shape index (κ1) is 25.5. The second kappa shape index (κ2) is 11.0. The number of fused-ring (bicyclic) bond motifs is 1. The number of carbonyl (C=O) groups excluding carboxylic acids is 1. The van der Waals surface area contributed by atoms with Gasteiger partial charge < -0.3 is 5.32 Å². The van der Waals surface area contributed by atoms with Gasteiger partial charge in [-0.1, -0.05) is 54.4 Å². The number of halogens is 2. The first-order valence-electron chi connectivity index (χ1n) is 11.7. The second-order valence-corrected chi connectivity index (χ2v) is 11.4. The highest BCUT2D eigenvalue weighted by atomic mass is 35.5. The van der Waals surface area contributed by atoms with Crippen molar-refractivity contribution in [1.82, 2.24) is 5.32 Å². The highest BCUT2D eigenvalue weighted by Gasteiger charge is 2.28. The summed E-state index contributed by atoms with van der Waals surface area (Å²) in [7, 11) is -4.05. The number of hydrogen-bond acceptors (Lipinski definition) is 3. The number of rotatable bonds is 8. The molecule has 0 bridgehead atoms. The van der Waals surface area contributed by atoms with Gasteiger partial charge in [-0.05, 0) is 91.3 Å². The summed E-state index contributed by atoms with van der Waals surface area (Å²) in [5.41, 5.74) is 4.07. The fraction of sp³-hybridized carbons (Fsp3) is 0.296. The zero-order chi connectivity index (χ0) is 25.0. The molecule has 1 aliphatic rings. The van der Waals surface area contributed by atoms with Gasteiger partial charge in [-0.3, -0.25) is 9.10 Å². The first-order chi connectivity index (χ1) is 16.8. The van der Waals surface area contributed by atoms with E-state index in [1.807, 2.05) is 6.92 Å². The Morgan fingerprint density at radius 1 is 0.943 bits per heavy atom. The van der Waals surface area contributed by atoms with Crippen LogP contribution < -0.4 is 9.62 Å². The topological polar surface area (TPSA) is 66.5 Å². The van der Waals surface area contributed by atoms with Crippen molar-refractivity contribution in [1.29, 1.82) is 0 Å². The standard InChI is InChI=1S/C27H28Cl2N2O3S/c1-2-26(21-11-10-19-6-3-4-7-20(19)16-21)30-27(32)18-31(24-9-5-8-23(29)17-24)35(33,34)25-14-12-22(28)13-15-25/h5,8-17,26H,2-4,6-7,18H2,1H3,(H,30,32)/t26-/m1/s1. The maximum atomic E-state index is 13.5. The molecule has 3 aromatic carbocycles. The van der Waals surface area contributed by atoms with E-state index in [9.17, 15) is 13.2 Å². The minimum absolute atomic E-state index is 0.0383. The van der Waals surface area contributed by atoms with Crippen molar-refractivity contribution in [2.24, 2.45) is 0 Å². The number of nitrogens with zero attached hydrogens (tertiary/aromatic N) is 1. The molecular weight excluding hydrogens is 503 g/mol. The minimum atomic E-state index is -4.05. The largest absolute Gasteiger partial charge is 0.348 e. The highest BCUT2D eigenvalue weighted by Crippen LogP contribution is 2.28. The Morgan fingerprint density at radius 3 is 2.34 bits per heavy atom. The van der Waals surface area contributed by atoms with Gasteiger partial charge in [0.05, 0.1) is 16.6 Å². The van der Waals surface area contributed by atoms with Crippen LogP contribution in [-0.2, 0) is 27.7 Å². The van der Waals surface area contributed by atoms with Gasteiger partial charge in [0.2, 0.25) is 5.91 Å². The van der Waals surface area contributed by atoms with Crippen LogP contribution in [0.4, 0.5) is 5.69 Å². The van der Waals surface area contributed by atoms with Crippen LogP contribution >= 0.6 is 23.2 Å². The lowest BCUT2D eigenvalue weighted by Gasteiger charge is -2.26. The summed E-state index contributed by atoms with van der Waals surface area (Å²) in [6.07, 6.45) is 5.22. The molecule has 184 valence electrons. The molecule has 0 aromatic heterocycles. The van der Waals surface area contributed by atoms with Crippen molar-refractivity contribution in [3.8, 4) is 0 Å². The molecule has 0 radical (unpaired) electrons. The van der Waals surface area contributed by atoms with Gasteiger partial charge in [-0.25, -0.2) is 8.42 Å². The lowest BCUT2D eigenvalue weighted by Crippen LogP contribution is -2.42. The Balaban J connectivity index is 1.60. The number of carbonyl (C=O) groups is 1. The van der Waals surface area contributed by atoms with E-state index in [2.05, 4.69) is 23.5 Å². The summed E-state index contributed by atoms with van der Waals surface area (Å²) in [6, 6.07) is 18.5. The van der Waals surface area contributed by atoms with Crippen LogP contribution in [-0.4, -0.2) is 20.9 Å². The number of nitrogens with one attached hydrogen (secondary N) is 1. The zero-order valence-corrected chi connectivity index (χ0v) is 21.8. The third-order valence-corrected chi connectivity index (χ3v) is 8.58. The minimum Gasteiger partial charge on any atom is -0.348 e. The number of anilines is 1. The summed E-state index contributed by atoms with van der Waals surface area (Å²) in [5.74, 6) is -0.396. The predicted molar refractivity (Wildman–Crippen MR) is 142 cm³/mol.